The van der Waals surface area contributed by atoms with Gasteiger partial charge in [-0.15, -0.1) is 0 Å². The Kier molecular flexibility index (Phi) is 7.10. The van der Waals surface area contributed by atoms with Gasteiger partial charge in [-0.2, -0.15) is 0 Å². The molecule has 0 spiro atoms. The molecule has 1 aromatic rings. The van der Waals surface area contributed by atoms with Gasteiger partial charge in [-0.1, -0.05) is 37.3 Å². The fourth-order valence-electron chi connectivity index (χ4n) is 3.04. The van der Waals surface area contributed by atoms with E-state index in [1.165, 1.54) is 37.7 Å². The van der Waals surface area contributed by atoms with Gasteiger partial charge in [0.05, 0.1) is 0 Å². The molecule has 1 N–H and O–H groups in total. The summed E-state index contributed by atoms with van der Waals surface area (Å²) in [5.41, 5.74) is 1.49. The Labute approximate surface area is 123 Å². The maximum Gasteiger partial charge on any atom is 0.0468 e. The van der Waals surface area contributed by atoms with Gasteiger partial charge in [-0.25, -0.2) is 0 Å². The Balaban J connectivity index is 1.84. The molecule has 0 saturated carbocycles. The van der Waals surface area contributed by atoms with Crippen molar-refractivity contribution in [3.05, 3.63) is 35.9 Å². The molecule has 1 heterocycles. The molecule has 0 aliphatic carbocycles. The van der Waals surface area contributed by atoms with Crippen LogP contribution < -0.4 is 5.32 Å². The first kappa shape index (κ1) is 15.5. The first-order valence-corrected chi connectivity index (χ1v) is 8.23. The summed E-state index contributed by atoms with van der Waals surface area (Å²) in [4.78, 5) is 0. The fourth-order valence-corrected chi connectivity index (χ4v) is 3.04. The van der Waals surface area contributed by atoms with Crippen molar-refractivity contribution in [2.75, 3.05) is 26.3 Å². The zero-order valence-corrected chi connectivity index (χ0v) is 12.8. The molecule has 2 rings (SSSR count). The van der Waals surface area contributed by atoms with Crippen LogP contribution in [0.1, 0.15) is 50.5 Å². The second-order valence-electron chi connectivity index (χ2n) is 5.94. The highest BCUT2D eigenvalue weighted by molar-refractivity contribution is 5.19. The van der Waals surface area contributed by atoms with Crippen molar-refractivity contribution in [1.82, 2.24) is 5.32 Å². The molecule has 2 heteroatoms. The summed E-state index contributed by atoms with van der Waals surface area (Å²) >= 11 is 0. The maximum absolute atomic E-state index is 5.46. The first-order chi connectivity index (χ1) is 9.90. The minimum absolute atomic E-state index is 0.658. The highest BCUT2D eigenvalue weighted by Gasteiger charge is 2.17. The Hall–Kier alpha value is -0.860. The van der Waals surface area contributed by atoms with E-state index in [9.17, 15) is 0 Å². The molecule has 0 amide bonds. The van der Waals surface area contributed by atoms with Crippen LogP contribution in [-0.2, 0) is 4.74 Å². The zero-order valence-electron chi connectivity index (χ0n) is 12.8. The molecule has 1 saturated heterocycles. The second-order valence-corrected chi connectivity index (χ2v) is 5.94. The van der Waals surface area contributed by atoms with E-state index in [0.717, 1.165) is 32.2 Å². The van der Waals surface area contributed by atoms with Crippen molar-refractivity contribution in [2.24, 2.45) is 5.92 Å². The van der Waals surface area contributed by atoms with Gasteiger partial charge in [-0.05, 0) is 56.0 Å². The Morgan fingerprint density at radius 3 is 2.65 bits per heavy atom. The summed E-state index contributed by atoms with van der Waals surface area (Å²) in [5.74, 6) is 1.53. The largest absolute Gasteiger partial charge is 0.381 e. The Morgan fingerprint density at radius 2 is 1.95 bits per heavy atom. The van der Waals surface area contributed by atoms with Crippen LogP contribution in [0, 0.1) is 5.92 Å². The number of hydrogen-bond acceptors (Lipinski definition) is 2. The van der Waals surface area contributed by atoms with Crippen molar-refractivity contribution in [3.8, 4) is 0 Å². The Morgan fingerprint density at radius 1 is 1.20 bits per heavy atom. The molecule has 1 fully saturated rings. The first-order valence-electron chi connectivity index (χ1n) is 8.23. The molecule has 1 aliphatic heterocycles. The summed E-state index contributed by atoms with van der Waals surface area (Å²) in [6.45, 7) is 6.40. The van der Waals surface area contributed by atoms with E-state index >= 15 is 0 Å². The van der Waals surface area contributed by atoms with Gasteiger partial charge in [0.15, 0.2) is 0 Å². The fraction of sp³-hybridized carbons (Fsp3) is 0.667. The van der Waals surface area contributed by atoms with Crippen molar-refractivity contribution >= 4 is 0 Å². The van der Waals surface area contributed by atoms with E-state index in [-0.39, 0.29) is 0 Å². The average molecular weight is 275 g/mol. The third kappa shape index (κ3) is 5.26. The number of ether oxygens (including phenoxy) is 1. The van der Waals surface area contributed by atoms with Gasteiger partial charge in [0, 0.05) is 19.8 Å². The van der Waals surface area contributed by atoms with E-state index in [1.54, 1.807) is 0 Å². The van der Waals surface area contributed by atoms with Crippen LogP contribution in [0.3, 0.4) is 0 Å². The van der Waals surface area contributed by atoms with Gasteiger partial charge in [0.1, 0.15) is 0 Å². The van der Waals surface area contributed by atoms with Crippen LogP contribution in [0.2, 0.25) is 0 Å². The number of hydrogen-bond donors (Lipinski definition) is 1. The molecular formula is C18H29NO. The number of benzene rings is 1. The lowest BCUT2D eigenvalue weighted by Gasteiger charge is -2.25. The molecule has 1 unspecified atom stereocenters. The predicted octanol–water partition coefficient (Wildman–Crippen LogP) is 3.98. The molecule has 20 heavy (non-hydrogen) atoms. The summed E-state index contributed by atoms with van der Waals surface area (Å²) in [5, 5.41) is 3.60. The smallest absolute Gasteiger partial charge is 0.0468 e. The minimum atomic E-state index is 0.658. The highest BCUT2D eigenvalue weighted by atomic mass is 16.5. The molecule has 1 aromatic carbocycles. The second kappa shape index (κ2) is 9.15. The van der Waals surface area contributed by atoms with Gasteiger partial charge in [0.2, 0.25) is 0 Å². The SMILES string of the molecule is CCCNCC(CCC1CCOCC1)c1ccccc1. The molecular weight excluding hydrogens is 246 g/mol. The third-order valence-electron chi connectivity index (χ3n) is 4.35. The average Bonchev–Trinajstić information content (AvgIpc) is 2.52. The van der Waals surface area contributed by atoms with Crippen LogP contribution in [0.25, 0.3) is 0 Å². The van der Waals surface area contributed by atoms with E-state index in [4.69, 9.17) is 4.74 Å². The molecule has 1 aliphatic rings. The normalized spacial score (nSPS) is 18.1. The van der Waals surface area contributed by atoms with Crippen molar-refractivity contribution in [3.63, 3.8) is 0 Å². The summed E-state index contributed by atoms with van der Waals surface area (Å²) in [6.07, 6.45) is 6.36. The maximum atomic E-state index is 5.46. The van der Waals surface area contributed by atoms with Crippen molar-refractivity contribution in [1.29, 1.82) is 0 Å². The van der Waals surface area contributed by atoms with Gasteiger partial charge in [-0.3, -0.25) is 0 Å². The van der Waals surface area contributed by atoms with E-state index in [0.29, 0.717) is 5.92 Å². The molecule has 0 aromatic heterocycles. The molecule has 0 radical (unpaired) electrons. The van der Waals surface area contributed by atoms with E-state index in [1.807, 2.05) is 0 Å². The van der Waals surface area contributed by atoms with Crippen molar-refractivity contribution in [2.45, 2.75) is 44.9 Å². The van der Waals surface area contributed by atoms with Crippen LogP contribution in [0.4, 0.5) is 0 Å². The van der Waals surface area contributed by atoms with Crippen LogP contribution >= 0.6 is 0 Å². The summed E-state index contributed by atoms with van der Waals surface area (Å²) < 4.78 is 5.46. The lowest BCUT2D eigenvalue weighted by molar-refractivity contribution is 0.0627. The lowest BCUT2D eigenvalue weighted by Crippen LogP contribution is -2.23. The van der Waals surface area contributed by atoms with Gasteiger partial charge >= 0.3 is 0 Å². The predicted molar refractivity (Wildman–Crippen MR) is 85.1 cm³/mol. The number of rotatable bonds is 8. The van der Waals surface area contributed by atoms with Crippen LogP contribution in [0.5, 0.6) is 0 Å². The van der Waals surface area contributed by atoms with Crippen LogP contribution in [0.15, 0.2) is 30.3 Å². The minimum Gasteiger partial charge on any atom is -0.381 e. The molecule has 112 valence electrons. The van der Waals surface area contributed by atoms with E-state index < -0.39 is 0 Å². The zero-order chi connectivity index (χ0) is 14.0. The monoisotopic (exact) mass is 275 g/mol. The third-order valence-corrected chi connectivity index (χ3v) is 4.35. The summed E-state index contributed by atoms with van der Waals surface area (Å²) in [7, 11) is 0. The topological polar surface area (TPSA) is 21.3 Å². The highest BCUT2D eigenvalue weighted by Crippen LogP contribution is 2.27. The summed E-state index contributed by atoms with van der Waals surface area (Å²) in [6, 6.07) is 11.0. The lowest BCUT2D eigenvalue weighted by atomic mass is 9.87. The van der Waals surface area contributed by atoms with Crippen molar-refractivity contribution < 1.29 is 4.74 Å². The van der Waals surface area contributed by atoms with Crippen LogP contribution in [-0.4, -0.2) is 26.3 Å². The molecule has 2 nitrogen and oxygen atoms in total. The quantitative estimate of drug-likeness (QED) is 0.725. The Bertz CT molecular complexity index is 346. The van der Waals surface area contributed by atoms with E-state index in [2.05, 4.69) is 42.6 Å². The molecule has 1 atom stereocenters. The molecule has 0 bridgehead atoms. The van der Waals surface area contributed by atoms with Gasteiger partial charge in [0.25, 0.3) is 0 Å². The van der Waals surface area contributed by atoms with Gasteiger partial charge < -0.3 is 10.1 Å². The standard InChI is InChI=1S/C18H29NO/c1-2-12-19-15-18(17-6-4-3-5-7-17)9-8-16-10-13-20-14-11-16/h3-7,16,18-19H,2,8-15H2,1H3. The number of nitrogens with one attached hydrogen (secondary N) is 1.